The lowest BCUT2D eigenvalue weighted by Gasteiger charge is -2.07. The summed E-state index contributed by atoms with van der Waals surface area (Å²) in [5.41, 5.74) is 10.9. The van der Waals surface area contributed by atoms with Crippen molar-refractivity contribution in [2.24, 2.45) is 5.73 Å². The minimum absolute atomic E-state index is 0.0141. The third-order valence-corrected chi connectivity index (χ3v) is 3.60. The molecule has 7 nitrogen and oxygen atoms in total. The highest BCUT2D eigenvalue weighted by Crippen LogP contribution is 2.16. The van der Waals surface area contributed by atoms with Crippen LogP contribution in [0.1, 0.15) is 23.2 Å². The lowest BCUT2D eigenvalue weighted by atomic mass is 10.2. The number of nitrogen functional groups attached to an aromatic ring is 1. The van der Waals surface area contributed by atoms with Crippen LogP contribution in [0.25, 0.3) is 0 Å². The van der Waals surface area contributed by atoms with E-state index in [0.29, 0.717) is 6.42 Å². The molecule has 1 aromatic rings. The maximum atomic E-state index is 11.8. The summed E-state index contributed by atoms with van der Waals surface area (Å²) in [5.74, 6) is -0.894. The fourth-order valence-corrected chi connectivity index (χ4v) is 2.23. The van der Waals surface area contributed by atoms with E-state index in [1.165, 1.54) is 18.2 Å². The van der Waals surface area contributed by atoms with Crippen molar-refractivity contribution in [1.29, 1.82) is 0 Å². The lowest BCUT2D eigenvalue weighted by molar-refractivity contribution is -0.118. The predicted octanol–water partition coefficient (Wildman–Crippen LogP) is -0.332. The smallest absolute Gasteiger partial charge is 0.251 e. The second-order valence-corrected chi connectivity index (χ2v) is 6.40. The van der Waals surface area contributed by atoms with Crippen LogP contribution in [-0.4, -0.2) is 33.0 Å². The number of anilines is 1. The van der Waals surface area contributed by atoms with E-state index in [2.05, 4.69) is 5.32 Å². The Balaban J connectivity index is 2.78. The van der Waals surface area contributed by atoms with Gasteiger partial charge in [-0.05, 0) is 24.6 Å². The molecule has 0 aliphatic carbocycles. The molecule has 0 saturated carbocycles. The molecule has 0 bridgehead atoms. The maximum absolute atomic E-state index is 11.8. The highest BCUT2D eigenvalue weighted by Gasteiger charge is 2.13. The molecule has 0 aromatic heterocycles. The number of nitrogens with one attached hydrogen (secondary N) is 1. The third-order valence-electron chi connectivity index (χ3n) is 2.50. The van der Waals surface area contributed by atoms with Crippen LogP contribution >= 0.6 is 0 Å². The number of carbonyl (C=O) groups is 2. The van der Waals surface area contributed by atoms with Gasteiger partial charge in [-0.25, -0.2) is 8.42 Å². The Kier molecular flexibility index (Phi) is 5.09. The van der Waals surface area contributed by atoms with Crippen LogP contribution in [0.2, 0.25) is 0 Å². The van der Waals surface area contributed by atoms with Gasteiger partial charge in [0.15, 0.2) is 9.84 Å². The Bertz CT molecular complexity index is 626. The summed E-state index contributed by atoms with van der Waals surface area (Å²) in [6, 6.07) is 3.94. The molecule has 0 unspecified atom stereocenters. The van der Waals surface area contributed by atoms with Gasteiger partial charge in [-0.3, -0.25) is 9.59 Å². The Morgan fingerprint density at radius 2 is 1.90 bits per heavy atom. The van der Waals surface area contributed by atoms with E-state index in [0.717, 1.165) is 6.26 Å². The number of benzene rings is 1. The van der Waals surface area contributed by atoms with Crippen molar-refractivity contribution >= 4 is 27.3 Å². The first kappa shape index (κ1) is 16.0. The molecular formula is C12H17N3O4S. The number of rotatable bonds is 6. The molecular weight excluding hydrogens is 282 g/mol. The molecule has 0 atom stereocenters. The highest BCUT2D eigenvalue weighted by atomic mass is 32.2. The summed E-state index contributed by atoms with van der Waals surface area (Å²) in [7, 11) is -3.44. The lowest BCUT2D eigenvalue weighted by Crippen LogP contribution is -2.26. The minimum atomic E-state index is -3.44. The Labute approximate surface area is 117 Å². The largest absolute Gasteiger partial charge is 0.399 e. The zero-order valence-electron chi connectivity index (χ0n) is 11.0. The number of primary amides is 1. The van der Waals surface area contributed by atoms with E-state index in [1.54, 1.807) is 0 Å². The third kappa shape index (κ3) is 4.88. The summed E-state index contributed by atoms with van der Waals surface area (Å²) >= 11 is 0. The number of hydrogen-bond acceptors (Lipinski definition) is 5. The van der Waals surface area contributed by atoms with Gasteiger partial charge in [0.05, 0.1) is 4.90 Å². The van der Waals surface area contributed by atoms with Gasteiger partial charge in [0, 0.05) is 30.5 Å². The molecule has 0 heterocycles. The van der Waals surface area contributed by atoms with Gasteiger partial charge in [0.25, 0.3) is 5.91 Å². The van der Waals surface area contributed by atoms with Gasteiger partial charge < -0.3 is 16.8 Å². The van der Waals surface area contributed by atoms with Crippen molar-refractivity contribution in [2.75, 3.05) is 18.5 Å². The van der Waals surface area contributed by atoms with Crippen molar-refractivity contribution in [3.8, 4) is 0 Å². The Morgan fingerprint density at radius 1 is 1.25 bits per heavy atom. The van der Waals surface area contributed by atoms with Crippen LogP contribution in [0.15, 0.2) is 23.1 Å². The van der Waals surface area contributed by atoms with E-state index < -0.39 is 21.7 Å². The van der Waals surface area contributed by atoms with Gasteiger partial charge in [0.2, 0.25) is 5.91 Å². The van der Waals surface area contributed by atoms with Crippen LogP contribution in [0.5, 0.6) is 0 Å². The van der Waals surface area contributed by atoms with Crippen molar-refractivity contribution < 1.29 is 18.0 Å². The Hall–Kier alpha value is -2.09. The quantitative estimate of drug-likeness (QED) is 0.488. The molecule has 1 aromatic carbocycles. The molecule has 0 saturated heterocycles. The van der Waals surface area contributed by atoms with E-state index >= 15 is 0 Å². The van der Waals surface area contributed by atoms with Gasteiger partial charge in [0.1, 0.15) is 0 Å². The molecule has 5 N–H and O–H groups in total. The normalized spacial score (nSPS) is 11.1. The first-order valence-corrected chi connectivity index (χ1v) is 7.76. The van der Waals surface area contributed by atoms with Crippen molar-refractivity contribution in [3.63, 3.8) is 0 Å². The molecule has 2 amide bonds. The standard InChI is InChI=1S/C12H17N3O4S/c1-20(18,19)10-6-8(5-9(13)7-10)12(17)15-4-2-3-11(14)16/h5-7H,2-4,13H2,1H3,(H2,14,16)(H,15,17). The summed E-state index contributed by atoms with van der Waals surface area (Å²) < 4.78 is 22.9. The SMILES string of the molecule is CS(=O)(=O)c1cc(N)cc(C(=O)NCCCC(N)=O)c1. The summed E-state index contributed by atoms with van der Waals surface area (Å²) in [4.78, 5) is 22.4. The van der Waals surface area contributed by atoms with E-state index in [4.69, 9.17) is 11.5 Å². The molecule has 1 rings (SSSR count). The molecule has 0 radical (unpaired) electrons. The van der Waals surface area contributed by atoms with Crippen LogP contribution in [-0.2, 0) is 14.6 Å². The first-order chi connectivity index (χ1) is 9.20. The van der Waals surface area contributed by atoms with Crippen LogP contribution in [0.4, 0.5) is 5.69 Å². The monoisotopic (exact) mass is 299 g/mol. The maximum Gasteiger partial charge on any atom is 0.251 e. The average molecular weight is 299 g/mol. The highest BCUT2D eigenvalue weighted by molar-refractivity contribution is 7.90. The van der Waals surface area contributed by atoms with Crippen LogP contribution in [0, 0.1) is 0 Å². The fraction of sp³-hybridized carbons (Fsp3) is 0.333. The number of nitrogens with two attached hydrogens (primary N) is 2. The first-order valence-electron chi connectivity index (χ1n) is 5.87. The van der Waals surface area contributed by atoms with Crippen LogP contribution in [0.3, 0.4) is 0 Å². The van der Waals surface area contributed by atoms with Gasteiger partial charge in [-0.1, -0.05) is 0 Å². The van der Waals surface area contributed by atoms with E-state index in [9.17, 15) is 18.0 Å². The second-order valence-electron chi connectivity index (χ2n) is 4.39. The minimum Gasteiger partial charge on any atom is -0.399 e. The predicted molar refractivity (Wildman–Crippen MR) is 74.7 cm³/mol. The number of hydrogen-bond donors (Lipinski definition) is 3. The summed E-state index contributed by atoms with van der Waals surface area (Å²) in [5, 5.41) is 2.56. The molecule has 0 fully saturated rings. The van der Waals surface area contributed by atoms with E-state index in [-0.39, 0.29) is 29.1 Å². The molecule has 110 valence electrons. The van der Waals surface area contributed by atoms with Gasteiger partial charge in [-0.2, -0.15) is 0 Å². The summed E-state index contributed by atoms with van der Waals surface area (Å²) in [6.45, 7) is 0.269. The topological polar surface area (TPSA) is 132 Å². The van der Waals surface area contributed by atoms with Crippen molar-refractivity contribution in [3.05, 3.63) is 23.8 Å². The zero-order chi connectivity index (χ0) is 15.3. The van der Waals surface area contributed by atoms with E-state index in [1.807, 2.05) is 0 Å². The molecule has 20 heavy (non-hydrogen) atoms. The van der Waals surface area contributed by atoms with Gasteiger partial charge >= 0.3 is 0 Å². The summed E-state index contributed by atoms with van der Waals surface area (Å²) in [6.07, 6.45) is 1.63. The fourth-order valence-electron chi connectivity index (χ4n) is 1.53. The molecule has 0 spiro atoms. The second kappa shape index (κ2) is 6.38. The van der Waals surface area contributed by atoms with Crippen LogP contribution < -0.4 is 16.8 Å². The number of sulfone groups is 1. The van der Waals surface area contributed by atoms with Gasteiger partial charge in [-0.15, -0.1) is 0 Å². The van der Waals surface area contributed by atoms with Crippen molar-refractivity contribution in [2.45, 2.75) is 17.7 Å². The average Bonchev–Trinajstić information content (AvgIpc) is 2.32. The zero-order valence-corrected chi connectivity index (χ0v) is 11.9. The molecule has 8 heteroatoms. The Morgan fingerprint density at radius 3 is 2.45 bits per heavy atom. The van der Waals surface area contributed by atoms with Crippen molar-refractivity contribution in [1.82, 2.24) is 5.32 Å². The molecule has 0 aliphatic heterocycles. The number of amides is 2. The number of carbonyl (C=O) groups excluding carboxylic acids is 2. The molecule has 0 aliphatic rings.